The first-order chi connectivity index (χ1) is 23.5. The van der Waals surface area contributed by atoms with Gasteiger partial charge in [0.15, 0.2) is 17.3 Å². The number of nitrogens with zero attached hydrogens (tertiary/aromatic N) is 3. The Morgan fingerprint density at radius 3 is 2.06 bits per heavy atom. The van der Waals surface area contributed by atoms with Crippen LogP contribution in [0.5, 0.6) is 17.4 Å². The fourth-order valence-electron chi connectivity index (χ4n) is 5.06. The van der Waals surface area contributed by atoms with Crippen LogP contribution in [0.15, 0.2) is 109 Å². The lowest BCUT2D eigenvalue weighted by atomic mass is 10.1. The Hall–Kier alpha value is -6.03. The number of ether oxygens (including phenoxy) is 2. The van der Waals surface area contributed by atoms with Gasteiger partial charge in [0.05, 0.1) is 19.3 Å². The third-order valence-electron chi connectivity index (χ3n) is 7.55. The molecule has 0 aliphatic heterocycles. The van der Waals surface area contributed by atoms with Gasteiger partial charge in [-0.25, -0.2) is 19.3 Å². The van der Waals surface area contributed by atoms with Crippen molar-refractivity contribution < 1.29 is 27.8 Å². The molecule has 0 aliphatic rings. The van der Waals surface area contributed by atoms with Crippen LogP contribution in [-0.2, 0) is 26.0 Å². The van der Waals surface area contributed by atoms with E-state index in [2.05, 4.69) is 9.97 Å². The zero-order valence-corrected chi connectivity index (χ0v) is 26.5. The second-order valence-electron chi connectivity index (χ2n) is 11.0. The molecule has 0 saturated carbocycles. The molecule has 10 heteroatoms. The smallest absolute Gasteiger partial charge is 0.422 e. The van der Waals surface area contributed by atoms with Crippen molar-refractivity contribution in [1.82, 2.24) is 14.5 Å². The third kappa shape index (κ3) is 8.41. The monoisotopic (exact) mass is 645 g/mol. The fraction of sp³-hybridized carbons (Fsp3) is 0.184. The van der Waals surface area contributed by atoms with Gasteiger partial charge < -0.3 is 27.8 Å². The first-order valence-corrected chi connectivity index (χ1v) is 15.6. The van der Waals surface area contributed by atoms with Crippen LogP contribution < -0.4 is 15.2 Å². The van der Waals surface area contributed by atoms with Gasteiger partial charge in [0.1, 0.15) is 24.8 Å². The topological polar surface area (TPSA) is 126 Å². The largest absolute Gasteiger partial charge is 0.493 e. The van der Waals surface area contributed by atoms with Crippen molar-refractivity contribution in [2.24, 2.45) is 0 Å². The van der Waals surface area contributed by atoms with E-state index >= 15 is 0 Å². The minimum Gasteiger partial charge on any atom is -0.493 e. The Morgan fingerprint density at radius 2 is 1.40 bits per heavy atom. The number of rotatable bonds is 15. The van der Waals surface area contributed by atoms with Crippen molar-refractivity contribution in [3.8, 4) is 17.4 Å². The Balaban J connectivity index is 0.994. The summed E-state index contributed by atoms with van der Waals surface area (Å²) in [5, 5.41) is 10.7. The molecule has 6 aromatic rings. The maximum Gasteiger partial charge on any atom is 0.422 e. The van der Waals surface area contributed by atoms with E-state index in [1.54, 1.807) is 19.4 Å². The van der Waals surface area contributed by atoms with Crippen LogP contribution in [0.3, 0.4) is 0 Å². The van der Waals surface area contributed by atoms with E-state index < -0.39 is 5.76 Å². The number of oxazole rings is 3. The van der Waals surface area contributed by atoms with Crippen LogP contribution >= 0.6 is 0 Å². The summed E-state index contributed by atoms with van der Waals surface area (Å²) in [5.74, 6) is 1.52. The van der Waals surface area contributed by atoms with Gasteiger partial charge in [-0.2, -0.15) is 0 Å². The number of aryl methyl sites for hydroxylation is 2. The molecule has 48 heavy (non-hydrogen) atoms. The summed E-state index contributed by atoms with van der Waals surface area (Å²) in [5.41, 5.74) is 4.28. The number of hydrogen-bond donors (Lipinski definition) is 1. The highest BCUT2D eigenvalue weighted by Gasteiger charge is 2.17. The molecule has 0 unspecified atom stereocenters. The molecule has 6 rings (SSSR count). The minimum atomic E-state index is -0.643. The van der Waals surface area contributed by atoms with Crippen LogP contribution in [0.1, 0.15) is 58.5 Å². The van der Waals surface area contributed by atoms with Crippen LogP contribution in [0.2, 0.25) is 0 Å². The molecule has 0 spiro atoms. The number of hydrogen-bond acceptors (Lipinski definition) is 9. The molecule has 0 aliphatic carbocycles. The van der Waals surface area contributed by atoms with E-state index in [4.69, 9.17) is 22.7 Å². The Morgan fingerprint density at radius 1 is 0.771 bits per heavy atom. The molecule has 0 amide bonds. The lowest BCUT2D eigenvalue weighted by Crippen LogP contribution is -2.14. The second kappa shape index (κ2) is 15.5. The third-order valence-corrected chi connectivity index (χ3v) is 7.55. The van der Waals surface area contributed by atoms with E-state index in [1.165, 1.54) is 6.26 Å². The van der Waals surface area contributed by atoms with E-state index in [-0.39, 0.29) is 24.8 Å². The van der Waals surface area contributed by atoms with Gasteiger partial charge in [-0.15, -0.1) is 0 Å². The van der Waals surface area contributed by atoms with Crippen molar-refractivity contribution in [2.45, 2.75) is 38.8 Å². The van der Waals surface area contributed by atoms with E-state index in [1.807, 2.05) is 97.1 Å². The Bertz CT molecular complexity index is 2040. The van der Waals surface area contributed by atoms with E-state index in [0.717, 1.165) is 34.1 Å². The quantitative estimate of drug-likeness (QED) is 0.112. The lowest BCUT2D eigenvalue weighted by Gasteiger charge is -2.11. The number of methoxy groups -OCH3 is 1. The molecule has 0 atom stereocenters. The predicted octanol–water partition coefficient (Wildman–Crippen LogP) is 7.67. The highest BCUT2D eigenvalue weighted by atomic mass is 16.5. The summed E-state index contributed by atoms with van der Waals surface area (Å²) in [4.78, 5) is 21.4. The molecule has 244 valence electrons. The molecule has 0 radical (unpaired) electrons. The molecule has 0 fully saturated rings. The maximum absolute atomic E-state index is 12.5. The Labute approximate surface area is 277 Å². The van der Waals surface area contributed by atoms with E-state index in [9.17, 15) is 9.90 Å². The average molecular weight is 646 g/mol. The zero-order valence-electron chi connectivity index (χ0n) is 26.5. The maximum atomic E-state index is 12.5. The lowest BCUT2D eigenvalue weighted by molar-refractivity contribution is 0.280. The SMILES string of the molecule is COc1ccc(CCCCc2oc(=O)n(Cc3coc(C=Cc4ccccc4)n3)c2O)cc1OCc1coc(C=Cc2ccccc2)n1. The first-order valence-electron chi connectivity index (χ1n) is 15.6. The standard InChI is InChI=1S/C38H35N3O7/c1-44-32-19-16-29(22-34(32)45-25-31-26-47-36(40-31)21-18-28-12-6-3-7-13-28)14-8-9-15-33-37(42)41(38(43)48-33)23-30-24-46-35(39-30)20-17-27-10-4-2-5-11-27/h2-7,10-13,16-22,24,26,42H,8-9,14-15,23,25H2,1H3. The highest BCUT2D eigenvalue weighted by molar-refractivity contribution is 5.66. The molecule has 0 bridgehead atoms. The van der Waals surface area contributed by atoms with Gasteiger partial charge in [-0.05, 0) is 60.2 Å². The normalized spacial score (nSPS) is 11.5. The number of unbranched alkanes of at least 4 members (excludes halogenated alkanes) is 1. The second-order valence-corrected chi connectivity index (χ2v) is 11.0. The summed E-state index contributed by atoms with van der Waals surface area (Å²) >= 11 is 0. The van der Waals surface area contributed by atoms with Crippen LogP contribution in [0.25, 0.3) is 24.3 Å². The molecule has 3 heterocycles. The summed E-state index contributed by atoms with van der Waals surface area (Å²) in [6.07, 6.45) is 13.1. The summed E-state index contributed by atoms with van der Waals surface area (Å²) in [7, 11) is 1.60. The van der Waals surface area contributed by atoms with Crippen LogP contribution in [-0.4, -0.2) is 26.8 Å². The minimum absolute atomic E-state index is 0.0332. The number of aromatic nitrogens is 3. The van der Waals surface area contributed by atoms with Gasteiger partial charge in [-0.1, -0.05) is 66.7 Å². The Kier molecular flexibility index (Phi) is 10.3. The zero-order chi connectivity index (χ0) is 33.1. The van der Waals surface area contributed by atoms with Gasteiger partial charge >= 0.3 is 5.76 Å². The molecular weight excluding hydrogens is 610 g/mol. The predicted molar refractivity (Wildman–Crippen MR) is 181 cm³/mol. The summed E-state index contributed by atoms with van der Waals surface area (Å²) < 4.78 is 29.1. The van der Waals surface area contributed by atoms with Crippen molar-refractivity contribution >= 4 is 24.3 Å². The molecule has 3 aromatic carbocycles. The van der Waals surface area contributed by atoms with Crippen molar-refractivity contribution in [3.63, 3.8) is 0 Å². The van der Waals surface area contributed by atoms with Gasteiger partial charge in [-0.3, -0.25) is 0 Å². The van der Waals surface area contributed by atoms with Crippen molar-refractivity contribution in [3.05, 3.63) is 148 Å². The van der Waals surface area contributed by atoms with Crippen LogP contribution in [0.4, 0.5) is 0 Å². The van der Waals surface area contributed by atoms with E-state index in [0.29, 0.717) is 47.5 Å². The highest BCUT2D eigenvalue weighted by Crippen LogP contribution is 2.30. The average Bonchev–Trinajstić information content (AvgIpc) is 3.85. The van der Waals surface area contributed by atoms with Crippen molar-refractivity contribution in [1.29, 1.82) is 0 Å². The first kappa shape index (κ1) is 31.9. The summed E-state index contributed by atoms with van der Waals surface area (Å²) in [6.45, 7) is 0.253. The fourth-order valence-corrected chi connectivity index (χ4v) is 5.06. The number of aromatic hydroxyl groups is 1. The molecule has 0 saturated heterocycles. The van der Waals surface area contributed by atoms with Crippen LogP contribution in [0, 0.1) is 0 Å². The molecule has 3 aromatic heterocycles. The molecule has 1 N–H and O–H groups in total. The molecular formula is C38H35N3O7. The van der Waals surface area contributed by atoms with Gasteiger partial charge in [0, 0.05) is 18.6 Å². The number of benzene rings is 3. The molecule has 10 nitrogen and oxygen atoms in total. The van der Waals surface area contributed by atoms with Gasteiger partial charge in [0.25, 0.3) is 0 Å². The summed E-state index contributed by atoms with van der Waals surface area (Å²) in [6, 6.07) is 25.5. The van der Waals surface area contributed by atoms with Crippen molar-refractivity contribution in [2.75, 3.05) is 7.11 Å². The van der Waals surface area contributed by atoms with Gasteiger partial charge in [0.2, 0.25) is 17.7 Å².